The van der Waals surface area contributed by atoms with E-state index >= 15 is 0 Å². The minimum Gasteiger partial charge on any atom is -0.491 e. The normalized spacial score (nSPS) is 24.8. The molecule has 2 aliphatic heterocycles. The van der Waals surface area contributed by atoms with Crippen LogP contribution < -0.4 is 15.4 Å². The number of fused-ring (bicyclic) bond motifs is 1. The molecule has 19 heavy (non-hydrogen) atoms. The van der Waals surface area contributed by atoms with Crippen molar-refractivity contribution in [3.8, 4) is 5.75 Å². The van der Waals surface area contributed by atoms with Crippen LogP contribution in [-0.2, 0) is 11.2 Å². The number of amides is 1. The summed E-state index contributed by atoms with van der Waals surface area (Å²) in [6.45, 7) is 0.558. The minimum atomic E-state index is -0.0489. The topological polar surface area (TPSA) is 50.4 Å². The Balaban J connectivity index is 0.00000133. The maximum Gasteiger partial charge on any atom is 0.238 e. The van der Waals surface area contributed by atoms with Gasteiger partial charge in [0.25, 0.3) is 0 Å². The van der Waals surface area contributed by atoms with Gasteiger partial charge in [0, 0.05) is 11.6 Å². The summed E-state index contributed by atoms with van der Waals surface area (Å²) in [5.41, 5.74) is 1.17. The van der Waals surface area contributed by atoms with Gasteiger partial charge in [-0.3, -0.25) is 10.1 Å². The molecule has 0 saturated carbocycles. The minimum absolute atomic E-state index is 0. The number of halogens is 1. The Kier molecular flexibility index (Phi) is 4.96. The Labute approximate surface area is 123 Å². The van der Waals surface area contributed by atoms with E-state index in [1.165, 1.54) is 5.56 Å². The van der Waals surface area contributed by atoms with Crippen LogP contribution in [0.4, 0.5) is 0 Å². The molecule has 2 unspecified atom stereocenters. The largest absolute Gasteiger partial charge is 0.491 e. The quantitative estimate of drug-likeness (QED) is 0.861. The Morgan fingerprint density at radius 2 is 2.26 bits per heavy atom. The molecule has 4 nitrogen and oxygen atoms in total. The Morgan fingerprint density at radius 1 is 1.42 bits per heavy atom. The molecule has 0 aliphatic carbocycles. The van der Waals surface area contributed by atoms with Gasteiger partial charge in [0.15, 0.2) is 0 Å². The van der Waals surface area contributed by atoms with Crippen molar-refractivity contribution in [2.24, 2.45) is 0 Å². The van der Waals surface area contributed by atoms with Gasteiger partial charge >= 0.3 is 0 Å². The number of hydrogen-bond donors (Lipinski definition) is 2. The molecular formula is C13H17ClN2O2S. The lowest BCUT2D eigenvalue weighted by Gasteiger charge is -2.26. The zero-order valence-corrected chi connectivity index (χ0v) is 12.1. The van der Waals surface area contributed by atoms with E-state index in [1.807, 2.05) is 18.2 Å². The molecule has 1 aromatic rings. The van der Waals surface area contributed by atoms with Gasteiger partial charge in [-0.05, 0) is 18.1 Å². The first-order chi connectivity index (χ1) is 8.83. The average Bonchev–Trinajstić information content (AvgIpc) is 2.92. The third kappa shape index (κ3) is 3.35. The van der Waals surface area contributed by atoms with Crippen molar-refractivity contribution in [2.75, 3.05) is 18.2 Å². The highest BCUT2D eigenvalue weighted by Crippen LogP contribution is 2.24. The monoisotopic (exact) mass is 300 g/mol. The fourth-order valence-corrected chi connectivity index (χ4v) is 3.23. The molecular weight excluding hydrogens is 284 g/mol. The van der Waals surface area contributed by atoms with Crippen molar-refractivity contribution in [1.29, 1.82) is 0 Å². The molecule has 0 aromatic heterocycles. The molecule has 2 atom stereocenters. The lowest BCUT2D eigenvalue weighted by atomic mass is 10.0. The van der Waals surface area contributed by atoms with Crippen LogP contribution in [0.3, 0.4) is 0 Å². The number of rotatable bonds is 2. The van der Waals surface area contributed by atoms with Crippen molar-refractivity contribution < 1.29 is 9.53 Å². The summed E-state index contributed by atoms with van der Waals surface area (Å²) in [7, 11) is 0. The lowest BCUT2D eigenvalue weighted by Crippen LogP contribution is -2.50. The zero-order valence-electron chi connectivity index (χ0n) is 10.4. The first kappa shape index (κ1) is 14.5. The van der Waals surface area contributed by atoms with E-state index in [-0.39, 0.29) is 30.4 Å². The summed E-state index contributed by atoms with van der Waals surface area (Å²) in [6, 6.07) is 8.03. The molecule has 1 saturated heterocycles. The van der Waals surface area contributed by atoms with Gasteiger partial charge in [0.05, 0.1) is 12.1 Å². The second-order valence-corrected chi connectivity index (χ2v) is 5.63. The van der Waals surface area contributed by atoms with Crippen LogP contribution in [0.15, 0.2) is 24.3 Å². The van der Waals surface area contributed by atoms with Gasteiger partial charge < -0.3 is 10.1 Å². The van der Waals surface area contributed by atoms with E-state index in [9.17, 15) is 4.79 Å². The standard InChI is InChI=1S/C13H16N2O2S.ClH/c16-13(11-7-18-8-14-11)15-10-5-9-3-1-2-4-12(9)17-6-10;/h1-4,10-11,14H,5-8H2,(H,15,16);1H. The van der Waals surface area contributed by atoms with E-state index in [0.717, 1.165) is 23.8 Å². The molecule has 6 heteroatoms. The van der Waals surface area contributed by atoms with Crippen molar-refractivity contribution in [1.82, 2.24) is 10.6 Å². The van der Waals surface area contributed by atoms with Gasteiger partial charge in [-0.1, -0.05) is 18.2 Å². The van der Waals surface area contributed by atoms with Crippen LogP contribution >= 0.6 is 24.2 Å². The molecule has 104 valence electrons. The number of thioether (sulfide) groups is 1. The SMILES string of the molecule is Cl.O=C(NC1COc2ccccc2C1)C1CSCN1. The average molecular weight is 301 g/mol. The number of nitrogens with one attached hydrogen (secondary N) is 2. The van der Waals surface area contributed by atoms with Crippen LogP contribution in [-0.4, -0.2) is 36.2 Å². The summed E-state index contributed by atoms with van der Waals surface area (Å²) in [5.74, 6) is 2.75. The number of benzene rings is 1. The van der Waals surface area contributed by atoms with E-state index in [1.54, 1.807) is 11.8 Å². The van der Waals surface area contributed by atoms with Crippen molar-refractivity contribution in [3.63, 3.8) is 0 Å². The second kappa shape index (κ2) is 6.50. The summed E-state index contributed by atoms with van der Waals surface area (Å²) in [5, 5.41) is 6.24. The predicted molar refractivity (Wildman–Crippen MR) is 79.1 cm³/mol. The van der Waals surface area contributed by atoms with Gasteiger partial charge in [-0.25, -0.2) is 0 Å². The molecule has 0 bridgehead atoms. The molecule has 1 fully saturated rings. The van der Waals surface area contributed by atoms with E-state index in [2.05, 4.69) is 16.7 Å². The maximum absolute atomic E-state index is 12.0. The fourth-order valence-electron chi connectivity index (χ4n) is 2.29. The Bertz CT molecular complexity index is 452. The molecule has 2 heterocycles. The zero-order chi connectivity index (χ0) is 12.4. The van der Waals surface area contributed by atoms with E-state index < -0.39 is 0 Å². The number of hydrogen-bond acceptors (Lipinski definition) is 4. The highest BCUT2D eigenvalue weighted by molar-refractivity contribution is 7.99. The van der Waals surface area contributed by atoms with Crippen molar-refractivity contribution >= 4 is 30.1 Å². The third-order valence-electron chi connectivity index (χ3n) is 3.26. The van der Waals surface area contributed by atoms with E-state index in [4.69, 9.17) is 4.74 Å². The highest BCUT2D eigenvalue weighted by atomic mass is 35.5. The Morgan fingerprint density at radius 3 is 3.05 bits per heavy atom. The number of para-hydroxylation sites is 1. The summed E-state index contributed by atoms with van der Waals surface area (Å²) in [6.07, 6.45) is 0.849. The first-order valence-electron chi connectivity index (χ1n) is 6.15. The fraction of sp³-hybridized carbons (Fsp3) is 0.462. The maximum atomic E-state index is 12.0. The summed E-state index contributed by atoms with van der Waals surface area (Å²) in [4.78, 5) is 12.0. The van der Waals surface area contributed by atoms with Crippen LogP contribution in [0, 0.1) is 0 Å². The number of ether oxygens (including phenoxy) is 1. The smallest absolute Gasteiger partial charge is 0.238 e. The predicted octanol–water partition coefficient (Wildman–Crippen LogP) is 1.19. The Hall–Kier alpha value is -0.910. The summed E-state index contributed by atoms with van der Waals surface area (Å²) >= 11 is 1.76. The molecule has 1 aromatic carbocycles. The second-order valence-electron chi connectivity index (χ2n) is 4.60. The van der Waals surface area contributed by atoms with Crippen LogP contribution in [0.1, 0.15) is 5.56 Å². The lowest BCUT2D eigenvalue weighted by molar-refractivity contribution is -0.123. The van der Waals surface area contributed by atoms with E-state index in [0.29, 0.717) is 6.61 Å². The molecule has 1 amide bonds. The third-order valence-corrected chi connectivity index (χ3v) is 4.20. The van der Waals surface area contributed by atoms with Gasteiger partial charge in [-0.2, -0.15) is 0 Å². The highest BCUT2D eigenvalue weighted by Gasteiger charge is 2.26. The van der Waals surface area contributed by atoms with Gasteiger partial charge in [-0.15, -0.1) is 24.2 Å². The number of carbonyl (C=O) groups is 1. The molecule has 3 rings (SSSR count). The summed E-state index contributed by atoms with van der Waals surface area (Å²) < 4.78 is 5.66. The molecule has 2 N–H and O–H groups in total. The first-order valence-corrected chi connectivity index (χ1v) is 7.30. The molecule has 0 spiro atoms. The number of carbonyl (C=O) groups excluding carboxylic acids is 1. The van der Waals surface area contributed by atoms with Gasteiger partial charge in [0.2, 0.25) is 5.91 Å². The van der Waals surface area contributed by atoms with Crippen LogP contribution in [0.5, 0.6) is 5.75 Å². The molecule has 2 aliphatic rings. The van der Waals surface area contributed by atoms with Crippen molar-refractivity contribution in [3.05, 3.63) is 29.8 Å². The van der Waals surface area contributed by atoms with Crippen LogP contribution in [0.2, 0.25) is 0 Å². The van der Waals surface area contributed by atoms with Gasteiger partial charge in [0.1, 0.15) is 12.4 Å². The molecule has 0 radical (unpaired) electrons. The van der Waals surface area contributed by atoms with Crippen molar-refractivity contribution in [2.45, 2.75) is 18.5 Å². The van der Waals surface area contributed by atoms with Crippen LogP contribution in [0.25, 0.3) is 0 Å².